The largest absolute Gasteiger partial charge is 0.351 e. The molecule has 1 saturated carbocycles. The Hall–Kier alpha value is -4.34. The SMILES string of the molecule is O=c1[nH][nH]c2cc(Nc3ncc(NC4=CCCC=C4)c(Nc4cc(C5CC5)[nH]n4)n3)ccc12. The second-order valence-corrected chi connectivity index (χ2v) is 8.29. The first-order valence-electron chi connectivity index (χ1n) is 11.0. The van der Waals surface area contributed by atoms with Crippen LogP contribution in [0.15, 0.2) is 59.2 Å². The van der Waals surface area contributed by atoms with Gasteiger partial charge in [0.05, 0.1) is 17.1 Å². The Morgan fingerprint density at radius 2 is 1.97 bits per heavy atom. The van der Waals surface area contributed by atoms with Crippen LogP contribution in [0.5, 0.6) is 0 Å². The molecule has 0 bridgehead atoms. The van der Waals surface area contributed by atoms with E-state index in [0.717, 1.165) is 35.6 Å². The van der Waals surface area contributed by atoms with Crippen LogP contribution < -0.4 is 21.5 Å². The molecule has 6 N–H and O–H groups in total. The maximum Gasteiger partial charge on any atom is 0.271 e. The van der Waals surface area contributed by atoms with E-state index >= 15 is 0 Å². The molecule has 10 nitrogen and oxygen atoms in total. The number of aromatic nitrogens is 6. The van der Waals surface area contributed by atoms with Gasteiger partial charge in [-0.1, -0.05) is 12.2 Å². The van der Waals surface area contributed by atoms with E-state index in [1.54, 1.807) is 12.3 Å². The Kier molecular flexibility index (Phi) is 4.68. The number of aromatic amines is 3. The van der Waals surface area contributed by atoms with Crippen molar-refractivity contribution in [3.05, 3.63) is 70.4 Å². The summed E-state index contributed by atoms with van der Waals surface area (Å²) >= 11 is 0. The van der Waals surface area contributed by atoms with E-state index in [9.17, 15) is 4.79 Å². The van der Waals surface area contributed by atoms with Gasteiger partial charge < -0.3 is 16.0 Å². The maximum atomic E-state index is 11.8. The van der Waals surface area contributed by atoms with Gasteiger partial charge in [-0.3, -0.25) is 20.1 Å². The predicted octanol–water partition coefficient (Wildman–Crippen LogP) is 4.38. The van der Waals surface area contributed by atoms with Gasteiger partial charge in [0, 0.05) is 29.1 Å². The van der Waals surface area contributed by atoms with Crippen molar-refractivity contribution in [2.45, 2.75) is 31.6 Å². The summed E-state index contributed by atoms with van der Waals surface area (Å²) in [5.41, 5.74) is 4.23. The van der Waals surface area contributed by atoms with Crippen LogP contribution in [0.1, 0.15) is 37.3 Å². The number of rotatable bonds is 7. The maximum absolute atomic E-state index is 11.8. The molecule has 0 atom stereocenters. The quantitative estimate of drug-likeness (QED) is 0.250. The van der Waals surface area contributed by atoms with E-state index in [1.807, 2.05) is 18.2 Å². The molecule has 10 heteroatoms. The van der Waals surface area contributed by atoms with Crippen molar-refractivity contribution in [2.24, 2.45) is 0 Å². The van der Waals surface area contributed by atoms with Gasteiger partial charge in [-0.25, -0.2) is 4.98 Å². The fourth-order valence-electron chi connectivity index (χ4n) is 3.86. The van der Waals surface area contributed by atoms with Crippen molar-refractivity contribution in [1.29, 1.82) is 0 Å². The number of allylic oxidation sites excluding steroid dienone is 3. The first kappa shape index (κ1) is 19.4. The number of H-pyrrole nitrogens is 3. The highest BCUT2D eigenvalue weighted by Gasteiger charge is 2.25. The molecule has 4 aromatic rings. The first-order chi connectivity index (χ1) is 16.2. The van der Waals surface area contributed by atoms with E-state index in [4.69, 9.17) is 4.98 Å². The number of benzene rings is 1. The van der Waals surface area contributed by atoms with Crippen LogP contribution in [-0.2, 0) is 0 Å². The monoisotopic (exact) mass is 441 g/mol. The topological polar surface area (TPSA) is 139 Å². The average Bonchev–Trinajstić information content (AvgIpc) is 3.48. The zero-order valence-corrected chi connectivity index (χ0v) is 17.8. The number of hydrogen-bond acceptors (Lipinski definition) is 7. The highest BCUT2D eigenvalue weighted by Crippen LogP contribution is 2.40. The lowest BCUT2D eigenvalue weighted by Crippen LogP contribution is -2.07. The minimum Gasteiger partial charge on any atom is -0.351 e. The lowest BCUT2D eigenvalue weighted by molar-refractivity contribution is 0.966. The van der Waals surface area contributed by atoms with Gasteiger partial charge in [-0.05, 0) is 50.0 Å². The second kappa shape index (κ2) is 7.97. The van der Waals surface area contributed by atoms with Gasteiger partial charge >= 0.3 is 0 Å². The summed E-state index contributed by atoms with van der Waals surface area (Å²) in [7, 11) is 0. The summed E-state index contributed by atoms with van der Waals surface area (Å²) in [5.74, 6) is 2.33. The molecule has 166 valence electrons. The molecule has 0 spiro atoms. The fraction of sp³-hybridized carbons (Fsp3) is 0.217. The van der Waals surface area contributed by atoms with E-state index in [0.29, 0.717) is 34.4 Å². The summed E-state index contributed by atoms with van der Waals surface area (Å²) in [6.07, 6.45) is 12.5. The highest BCUT2D eigenvalue weighted by atomic mass is 16.1. The van der Waals surface area contributed by atoms with E-state index in [-0.39, 0.29) is 5.56 Å². The Bertz CT molecular complexity index is 1440. The summed E-state index contributed by atoms with van der Waals surface area (Å²) in [6, 6.07) is 7.45. The molecule has 2 aliphatic rings. The summed E-state index contributed by atoms with van der Waals surface area (Å²) < 4.78 is 0. The van der Waals surface area contributed by atoms with E-state index in [2.05, 4.69) is 59.6 Å². The van der Waals surface area contributed by atoms with Gasteiger partial charge in [0.2, 0.25) is 5.95 Å². The van der Waals surface area contributed by atoms with Gasteiger partial charge in [0.25, 0.3) is 5.56 Å². The number of nitrogens with one attached hydrogen (secondary N) is 6. The lowest BCUT2D eigenvalue weighted by Gasteiger charge is -2.15. The first-order valence-corrected chi connectivity index (χ1v) is 11.0. The van der Waals surface area contributed by atoms with E-state index < -0.39 is 0 Å². The highest BCUT2D eigenvalue weighted by molar-refractivity contribution is 5.82. The molecule has 1 fully saturated rings. The molecule has 1 aromatic carbocycles. The average molecular weight is 441 g/mol. The fourth-order valence-corrected chi connectivity index (χ4v) is 3.86. The van der Waals surface area contributed by atoms with Crippen LogP contribution in [0.4, 0.5) is 29.0 Å². The van der Waals surface area contributed by atoms with Crippen LogP contribution in [0.3, 0.4) is 0 Å². The number of anilines is 5. The minimum atomic E-state index is -0.148. The van der Waals surface area contributed by atoms with Crippen LogP contribution in [0.2, 0.25) is 0 Å². The number of hydrogen-bond donors (Lipinski definition) is 6. The number of fused-ring (bicyclic) bond motifs is 1. The van der Waals surface area contributed by atoms with Crippen molar-refractivity contribution in [3.8, 4) is 0 Å². The zero-order chi connectivity index (χ0) is 22.2. The van der Waals surface area contributed by atoms with Gasteiger partial charge in [0.15, 0.2) is 11.6 Å². The summed E-state index contributed by atoms with van der Waals surface area (Å²) in [6.45, 7) is 0. The van der Waals surface area contributed by atoms with Crippen LogP contribution >= 0.6 is 0 Å². The molecule has 3 aromatic heterocycles. The van der Waals surface area contributed by atoms with Crippen LogP contribution in [-0.4, -0.2) is 30.4 Å². The summed E-state index contributed by atoms with van der Waals surface area (Å²) in [5, 5.41) is 23.5. The summed E-state index contributed by atoms with van der Waals surface area (Å²) in [4.78, 5) is 20.9. The van der Waals surface area contributed by atoms with Crippen LogP contribution in [0.25, 0.3) is 10.9 Å². The Balaban J connectivity index is 1.30. The molecule has 0 aliphatic heterocycles. The molecule has 6 rings (SSSR count). The predicted molar refractivity (Wildman–Crippen MR) is 128 cm³/mol. The van der Waals surface area contributed by atoms with Crippen molar-refractivity contribution >= 4 is 39.9 Å². The normalized spacial score (nSPS) is 15.5. The Labute approximate surface area is 188 Å². The van der Waals surface area contributed by atoms with Gasteiger partial charge in [-0.15, -0.1) is 0 Å². The Morgan fingerprint density at radius 1 is 1.03 bits per heavy atom. The van der Waals surface area contributed by atoms with E-state index in [1.165, 1.54) is 12.8 Å². The molecule has 3 heterocycles. The van der Waals surface area contributed by atoms with Crippen LogP contribution in [0, 0.1) is 0 Å². The van der Waals surface area contributed by atoms with Gasteiger partial charge in [-0.2, -0.15) is 10.1 Å². The van der Waals surface area contributed by atoms with Crippen molar-refractivity contribution < 1.29 is 0 Å². The molecule has 0 unspecified atom stereocenters. The van der Waals surface area contributed by atoms with Gasteiger partial charge in [0.1, 0.15) is 5.69 Å². The minimum absolute atomic E-state index is 0.148. The third-order valence-corrected chi connectivity index (χ3v) is 5.76. The molecule has 0 radical (unpaired) electrons. The van der Waals surface area contributed by atoms with Crippen molar-refractivity contribution in [3.63, 3.8) is 0 Å². The third-order valence-electron chi connectivity index (χ3n) is 5.76. The number of nitrogens with zero attached hydrogens (tertiary/aromatic N) is 3. The molecule has 2 aliphatic carbocycles. The third kappa shape index (κ3) is 4.10. The molecule has 0 saturated heterocycles. The lowest BCUT2D eigenvalue weighted by atomic mass is 10.1. The van der Waals surface area contributed by atoms with Crippen molar-refractivity contribution in [1.82, 2.24) is 30.4 Å². The molecule has 0 amide bonds. The zero-order valence-electron chi connectivity index (χ0n) is 17.8. The smallest absolute Gasteiger partial charge is 0.271 e. The second-order valence-electron chi connectivity index (χ2n) is 8.29. The standard InChI is InChI=1S/C23H23N9O/c33-22-16-9-8-15(10-18(16)30-32-22)26-23-24-12-19(25-14-4-2-1-3-5-14)21(28-23)27-20-11-17(29-31-20)13-6-7-13/h2,4-5,8-13,25H,1,3,6-7H2,(H2,30,32,33)(H3,24,26,27,28,29,31). The molecular weight excluding hydrogens is 418 g/mol. The Morgan fingerprint density at radius 3 is 2.82 bits per heavy atom. The molecular formula is C23H23N9O. The van der Waals surface area contributed by atoms with Crippen molar-refractivity contribution in [2.75, 3.05) is 16.0 Å². The molecule has 33 heavy (non-hydrogen) atoms.